The Morgan fingerprint density at radius 3 is 2.81 bits per heavy atom. The van der Waals surface area contributed by atoms with E-state index in [2.05, 4.69) is 50.8 Å². The molecule has 0 saturated carbocycles. The first-order valence-electron chi connectivity index (χ1n) is 5.32. The Morgan fingerprint density at radius 1 is 1.50 bits per heavy atom. The summed E-state index contributed by atoms with van der Waals surface area (Å²) < 4.78 is 0.989. The molecule has 0 aromatic heterocycles. The minimum absolute atomic E-state index is 0.0146. The van der Waals surface area contributed by atoms with Gasteiger partial charge in [0.2, 0.25) is 0 Å². The molecule has 16 heavy (non-hydrogen) atoms. The largest absolute Gasteiger partial charge is 0.352 e. The van der Waals surface area contributed by atoms with Crippen molar-refractivity contribution < 1.29 is 4.79 Å². The Labute approximate surface area is 118 Å². The van der Waals surface area contributed by atoms with Gasteiger partial charge < -0.3 is 5.32 Å². The fourth-order valence-electron chi connectivity index (χ4n) is 1.29. The number of hydrogen-bond acceptors (Lipinski definition) is 1. The van der Waals surface area contributed by atoms with Crippen LogP contribution in [0.4, 0.5) is 0 Å². The van der Waals surface area contributed by atoms with Crippen molar-refractivity contribution in [3.63, 3.8) is 0 Å². The minimum Gasteiger partial charge on any atom is -0.352 e. The predicted octanol–water partition coefficient (Wildman–Crippen LogP) is 3.58. The van der Waals surface area contributed by atoms with E-state index in [0.29, 0.717) is 11.4 Å². The molecule has 1 N–H and O–H groups in total. The lowest BCUT2D eigenvalue weighted by molar-refractivity contribution is 0.0952. The number of carbonyl (C=O) groups is 1. The number of alkyl halides is 1. The second-order valence-electron chi connectivity index (χ2n) is 3.53. The first-order valence-corrected chi connectivity index (χ1v) is 7.31. The second-order valence-corrected chi connectivity index (χ2v) is 5.99. The van der Waals surface area contributed by atoms with Gasteiger partial charge in [0.15, 0.2) is 0 Å². The highest BCUT2D eigenvalue weighted by Gasteiger charge is 2.08. The predicted molar refractivity (Wildman–Crippen MR) is 79.1 cm³/mol. The number of rotatable bonds is 5. The third-order valence-electron chi connectivity index (χ3n) is 2.30. The third kappa shape index (κ3) is 4.41. The van der Waals surface area contributed by atoms with Crippen LogP contribution < -0.4 is 5.32 Å². The Bertz CT molecular complexity index is 357. The van der Waals surface area contributed by atoms with Crippen molar-refractivity contribution in [1.82, 2.24) is 5.32 Å². The van der Waals surface area contributed by atoms with Crippen LogP contribution in [0.25, 0.3) is 0 Å². The molecule has 0 fully saturated rings. The standard InChI is InChI=1S/C12H15BrINO/c1-2-9(13)7-8-15-12(16)10-5-3-4-6-11(10)14/h3-6,9H,2,7-8H2,1H3,(H,15,16). The van der Waals surface area contributed by atoms with Crippen LogP contribution in [0.3, 0.4) is 0 Å². The van der Waals surface area contributed by atoms with Crippen LogP contribution in [-0.2, 0) is 0 Å². The first-order chi connectivity index (χ1) is 7.65. The fraction of sp³-hybridized carbons (Fsp3) is 0.417. The van der Waals surface area contributed by atoms with Gasteiger partial charge in [-0.25, -0.2) is 0 Å². The fourth-order valence-corrected chi connectivity index (χ4v) is 2.15. The zero-order valence-corrected chi connectivity index (χ0v) is 12.9. The van der Waals surface area contributed by atoms with Gasteiger partial charge in [0, 0.05) is 14.9 Å². The molecule has 4 heteroatoms. The van der Waals surface area contributed by atoms with Gasteiger partial charge in [0.25, 0.3) is 5.91 Å². The molecule has 0 aliphatic rings. The summed E-state index contributed by atoms with van der Waals surface area (Å²) in [6.45, 7) is 2.84. The minimum atomic E-state index is 0.0146. The number of benzene rings is 1. The topological polar surface area (TPSA) is 29.1 Å². The molecule has 0 heterocycles. The molecule has 1 atom stereocenters. The summed E-state index contributed by atoms with van der Waals surface area (Å²) >= 11 is 5.72. The lowest BCUT2D eigenvalue weighted by Crippen LogP contribution is -2.26. The van der Waals surface area contributed by atoms with Gasteiger partial charge >= 0.3 is 0 Å². The molecule has 0 aliphatic carbocycles. The van der Waals surface area contributed by atoms with E-state index in [0.717, 1.165) is 22.0 Å². The highest BCUT2D eigenvalue weighted by atomic mass is 127. The second kappa shape index (κ2) is 7.27. The van der Waals surface area contributed by atoms with E-state index in [4.69, 9.17) is 0 Å². The monoisotopic (exact) mass is 395 g/mol. The molecular weight excluding hydrogens is 381 g/mol. The molecule has 1 unspecified atom stereocenters. The quantitative estimate of drug-likeness (QED) is 0.599. The van der Waals surface area contributed by atoms with Gasteiger partial charge in [-0.3, -0.25) is 4.79 Å². The van der Waals surface area contributed by atoms with Crippen LogP contribution in [0, 0.1) is 3.57 Å². The van der Waals surface area contributed by atoms with Gasteiger partial charge in [-0.2, -0.15) is 0 Å². The van der Waals surface area contributed by atoms with E-state index in [1.165, 1.54) is 0 Å². The normalized spacial score (nSPS) is 12.2. The molecule has 1 amide bonds. The molecule has 1 aromatic carbocycles. The summed E-state index contributed by atoms with van der Waals surface area (Å²) in [6, 6.07) is 7.61. The number of hydrogen-bond donors (Lipinski definition) is 1. The molecule has 88 valence electrons. The summed E-state index contributed by atoms with van der Waals surface area (Å²) in [7, 11) is 0. The summed E-state index contributed by atoms with van der Waals surface area (Å²) in [5, 5.41) is 2.93. The Kier molecular flexibility index (Phi) is 6.34. The van der Waals surface area contributed by atoms with Crippen LogP contribution in [-0.4, -0.2) is 17.3 Å². The van der Waals surface area contributed by atoms with Gasteiger partial charge in [-0.15, -0.1) is 0 Å². The maximum absolute atomic E-state index is 11.8. The van der Waals surface area contributed by atoms with Crippen molar-refractivity contribution in [1.29, 1.82) is 0 Å². The lowest BCUT2D eigenvalue weighted by atomic mass is 10.2. The Hall–Kier alpha value is -0.100. The van der Waals surface area contributed by atoms with Crippen LogP contribution in [0.2, 0.25) is 0 Å². The summed E-state index contributed by atoms with van der Waals surface area (Å²) in [5.74, 6) is 0.0146. The summed E-state index contributed by atoms with van der Waals surface area (Å²) in [5.41, 5.74) is 0.755. The van der Waals surface area contributed by atoms with Crippen molar-refractivity contribution >= 4 is 44.4 Å². The molecule has 0 radical (unpaired) electrons. The van der Waals surface area contributed by atoms with Crippen LogP contribution in [0.15, 0.2) is 24.3 Å². The number of amides is 1. The molecule has 1 aromatic rings. The molecule has 0 spiro atoms. The van der Waals surface area contributed by atoms with Gasteiger partial charge in [0.05, 0.1) is 5.56 Å². The molecular formula is C12H15BrINO. The van der Waals surface area contributed by atoms with E-state index in [-0.39, 0.29) is 5.91 Å². The molecule has 1 rings (SSSR count). The first kappa shape index (κ1) is 14.0. The maximum Gasteiger partial charge on any atom is 0.252 e. The van der Waals surface area contributed by atoms with Crippen molar-refractivity contribution in [2.75, 3.05) is 6.54 Å². The van der Waals surface area contributed by atoms with Crippen LogP contribution in [0.5, 0.6) is 0 Å². The highest BCUT2D eigenvalue weighted by molar-refractivity contribution is 14.1. The van der Waals surface area contributed by atoms with E-state index in [1.54, 1.807) is 0 Å². The average molecular weight is 396 g/mol. The average Bonchev–Trinajstić information content (AvgIpc) is 2.29. The third-order valence-corrected chi connectivity index (χ3v) is 4.35. The lowest BCUT2D eigenvalue weighted by Gasteiger charge is -2.09. The van der Waals surface area contributed by atoms with Gasteiger partial charge in [0.1, 0.15) is 0 Å². The summed E-state index contributed by atoms with van der Waals surface area (Å²) in [4.78, 5) is 12.3. The number of halogens is 2. The van der Waals surface area contributed by atoms with E-state index >= 15 is 0 Å². The number of carbonyl (C=O) groups excluding carboxylic acids is 1. The summed E-state index contributed by atoms with van der Waals surface area (Å²) in [6.07, 6.45) is 2.05. The van der Waals surface area contributed by atoms with Crippen molar-refractivity contribution in [3.8, 4) is 0 Å². The molecule has 0 saturated heterocycles. The van der Waals surface area contributed by atoms with Crippen LogP contribution in [0.1, 0.15) is 30.1 Å². The molecule has 0 aliphatic heterocycles. The van der Waals surface area contributed by atoms with E-state index in [9.17, 15) is 4.79 Å². The zero-order chi connectivity index (χ0) is 12.0. The molecule has 2 nitrogen and oxygen atoms in total. The van der Waals surface area contributed by atoms with Crippen molar-refractivity contribution in [2.45, 2.75) is 24.6 Å². The zero-order valence-electron chi connectivity index (χ0n) is 9.17. The Balaban J connectivity index is 2.44. The maximum atomic E-state index is 11.8. The van der Waals surface area contributed by atoms with Crippen molar-refractivity contribution in [2.24, 2.45) is 0 Å². The SMILES string of the molecule is CCC(Br)CCNC(=O)c1ccccc1I. The number of nitrogens with one attached hydrogen (secondary N) is 1. The van der Waals surface area contributed by atoms with E-state index < -0.39 is 0 Å². The van der Waals surface area contributed by atoms with Gasteiger partial charge in [-0.05, 0) is 47.6 Å². The highest BCUT2D eigenvalue weighted by Crippen LogP contribution is 2.12. The Morgan fingerprint density at radius 2 is 2.19 bits per heavy atom. The van der Waals surface area contributed by atoms with Gasteiger partial charge in [-0.1, -0.05) is 35.0 Å². The smallest absolute Gasteiger partial charge is 0.252 e. The molecule has 0 bridgehead atoms. The van der Waals surface area contributed by atoms with Crippen molar-refractivity contribution in [3.05, 3.63) is 33.4 Å². The van der Waals surface area contributed by atoms with Crippen LogP contribution >= 0.6 is 38.5 Å². The van der Waals surface area contributed by atoms with E-state index in [1.807, 2.05) is 24.3 Å².